The molecule has 0 radical (unpaired) electrons. The summed E-state index contributed by atoms with van der Waals surface area (Å²) in [6.45, 7) is 3.24. The van der Waals surface area contributed by atoms with Gasteiger partial charge in [0.1, 0.15) is 18.2 Å². The highest BCUT2D eigenvalue weighted by atomic mass is 19.1. The van der Waals surface area contributed by atoms with E-state index in [0.717, 1.165) is 18.7 Å². The van der Waals surface area contributed by atoms with Gasteiger partial charge in [-0.2, -0.15) is 5.10 Å². The van der Waals surface area contributed by atoms with Crippen LogP contribution in [-0.4, -0.2) is 78.3 Å². The zero-order valence-corrected chi connectivity index (χ0v) is 21.5. The van der Waals surface area contributed by atoms with Crippen LogP contribution in [0.4, 0.5) is 8.78 Å². The lowest BCUT2D eigenvalue weighted by Crippen LogP contribution is -2.46. The summed E-state index contributed by atoms with van der Waals surface area (Å²) >= 11 is 0. The summed E-state index contributed by atoms with van der Waals surface area (Å²) in [6.07, 6.45) is 0.336. The Hall–Kier alpha value is -3.95. The maximum absolute atomic E-state index is 14.6. The van der Waals surface area contributed by atoms with Gasteiger partial charge in [0.2, 0.25) is 0 Å². The first-order valence-electron chi connectivity index (χ1n) is 13.0. The second-order valence-corrected chi connectivity index (χ2v) is 9.59. The van der Waals surface area contributed by atoms with Crippen LogP contribution in [0.25, 0.3) is 0 Å². The van der Waals surface area contributed by atoms with Crippen molar-refractivity contribution in [2.75, 3.05) is 45.9 Å². The molecule has 0 aromatic heterocycles. The molecule has 1 atom stereocenters. The van der Waals surface area contributed by atoms with Crippen LogP contribution in [0.1, 0.15) is 33.9 Å². The predicted molar refractivity (Wildman–Crippen MR) is 143 cm³/mol. The van der Waals surface area contributed by atoms with E-state index < -0.39 is 29.5 Å². The molecule has 3 aromatic carbocycles. The van der Waals surface area contributed by atoms with Crippen molar-refractivity contribution in [3.63, 3.8) is 0 Å². The van der Waals surface area contributed by atoms with Gasteiger partial charge in [-0.3, -0.25) is 14.5 Å². The molecule has 0 N–H and O–H groups in total. The number of carbonyl (C=O) groups excluding carboxylic acids is 2. The van der Waals surface area contributed by atoms with Crippen LogP contribution < -0.4 is 0 Å². The molecule has 2 aliphatic rings. The van der Waals surface area contributed by atoms with Gasteiger partial charge in [-0.15, -0.1) is 0 Å². The number of amides is 2. The molecule has 2 heterocycles. The Morgan fingerprint density at radius 1 is 0.949 bits per heavy atom. The number of hydrogen-bond donors (Lipinski definition) is 0. The monoisotopic (exact) mass is 532 g/mol. The Labute approximate surface area is 226 Å². The van der Waals surface area contributed by atoms with Crippen molar-refractivity contribution in [2.45, 2.75) is 12.5 Å². The second-order valence-electron chi connectivity index (χ2n) is 9.59. The number of ether oxygens (including phenoxy) is 1. The number of morpholine rings is 1. The van der Waals surface area contributed by atoms with Gasteiger partial charge in [0, 0.05) is 43.7 Å². The number of halogens is 2. The molecule has 0 spiro atoms. The number of hydrazone groups is 1. The highest BCUT2D eigenvalue weighted by Crippen LogP contribution is 2.33. The minimum absolute atomic E-state index is 0.168. The average molecular weight is 533 g/mol. The Morgan fingerprint density at radius 3 is 2.44 bits per heavy atom. The summed E-state index contributed by atoms with van der Waals surface area (Å²) in [7, 11) is 0. The van der Waals surface area contributed by atoms with Crippen LogP contribution in [0.15, 0.2) is 84.0 Å². The normalized spacial score (nSPS) is 17.6. The largest absolute Gasteiger partial charge is 0.379 e. The summed E-state index contributed by atoms with van der Waals surface area (Å²) < 4.78 is 34.0. The van der Waals surface area contributed by atoms with Crippen molar-refractivity contribution in [1.29, 1.82) is 0 Å². The van der Waals surface area contributed by atoms with E-state index in [1.54, 1.807) is 18.2 Å². The van der Waals surface area contributed by atoms with Crippen LogP contribution in [0.3, 0.4) is 0 Å². The van der Waals surface area contributed by atoms with Crippen LogP contribution in [0.5, 0.6) is 0 Å². The van der Waals surface area contributed by atoms with E-state index in [2.05, 4.69) is 10.0 Å². The van der Waals surface area contributed by atoms with Gasteiger partial charge < -0.3 is 9.64 Å². The molecule has 1 saturated heterocycles. The van der Waals surface area contributed by atoms with Crippen molar-refractivity contribution >= 4 is 17.5 Å². The van der Waals surface area contributed by atoms with Gasteiger partial charge in [0.25, 0.3) is 11.8 Å². The first kappa shape index (κ1) is 26.6. The van der Waals surface area contributed by atoms with Gasteiger partial charge in [0.05, 0.1) is 25.0 Å². The topological polar surface area (TPSA) is 65.5 Å². The minimum atomic E-state index is -0.525. The first-order valence-corrected chi connectivity index (χ1v) is 13.0. The number of benzene rings is 3. The molecule has 202 valence electrons. The van der Waals surface area contributed by atoms with Crippen LogP contribution in [0.2, 0.25) is 0 Å². The van der Waals surface area contributed by atoms with Crippen molar-refractivity contribution in [3.8, 4) is 0 Å². The van der Waals surface area contributed by atoms with E-state index in [-0.39, 0.29) is 18.7 Å². The molecule has 2 amide bonds. The molecule has 0 unspecified atom stereocenters. The minimum Gasteiger partial charge on any atom is -0.379 e. The van der Waals surface area contributed by atoms with Gasteiger partial charge in [-0.05, 0) is 29.8 Å². The van der Waals surface area contributed by atoms with Crippen LogP contribution in [0, 0.1) is 11.6 Å². The maximum atomic E-state index is 14.6. The highest BCUT2D eigenvalue weighted by molar-refractivity contribution is 6.04. The van der Waals surface area contributed by atoms with Crippen LogP contribution >= 0.6 is 0 Å². The van der Waals surface area contributed by atoms with E-state index in [1.165, 1.54) is 40.2 Å². The van der Waals surface area contributed by atoms with E-state index in [9.17, 15) is 18.4 Å². The van der Waals surface area contributed by atoms with E-state index >= 15 is 0 Å². The van der Waals surface area contributed by atoms with E-state index in [4.69, 9.17) is 4.74 Å². The second kappa shape index (κ2) is 12.3. The predicted octanol–water partition coefficient (Wildman–Crippen LogP) is 4.12. The Morgan fingerprint density at radius 2 is 1.69 bits per heavy atom. The number of carbonyl (C=O) groups is 2. The van der Waals surface area contributed by atoms with Gasteiger partial charge in [-0.1, -0.05) is 54.6 Å². The fourth-order valence-corrected chi connectivity index (χ4v) is 4.91. The first-order chi connectivity index (χ1) is 19.0. The summed E-state index contributed by atoms with van der Waals surface area (Å²) in [5.74, 6) is -1.78. The van der Waals surface area contributed by atoms with Crippen molar-refractivity contribution in [2.24, 2.45) is 5.10 Å². The molecule has 0 aliphatic carbocycles. The summed E-state index contributed by atoms with van der Waals surface area (Å²) in [5, 5.41) is 5.92. The molecule has 1 fully saturated rings. The fraction of sp³-hybridized carbons (Fsp3) is 0.300. The molecule has 3 aromatic rings. The molecular formula is C30H30F2N4O3. The number of nitrogens with zero attached hydrogens (tertiary/aromatic N) is 4. The van der Waals surface area contributed by atoms with Crippen molar-refractivity contribution < 1.29 is 23.1 Å². The maximum Gasteiger partial charge on any atom is 0.262 e. The van der Waals surface area contributed by atoms with Gasteiger partial charge in [0.15, 0.2) is 0 Å². The van der Waals surface area contributed by atoms with Crippen molar-refractivity contribution in [1.82, 2.24) is 14.8 Å². The number of hydrogen-bond acceptors (Lipinski definition) is 5. The summed E-state index contributed by atoms with van der Waals surface area (Å²) in [6, 6.07) is 20.8. The molecule has 9 heteroatoms. The Bertz CT molecular complexity index is 1340. The molecular weight excluding hydrogens is 502 g/mol. The smallest absolute Gasteiger partial charge is 0.262 e. The molecule has 0 saturated carbocycles. The zero-order valence-electron chi connectivity index (χ0n) is 21.5. The van der Waals surface area contributed by atoms with E-state index in [1.807, 2.05) is 30.3 Å². The lowest BCUT2D eigenvalue weighted by Gasteiger charge is -2.31. The molecule has 5 rings (SSSR count). The summed E-state index contributed by atoms with van der Waals surface area (Å²) in [5.41, 5.74) is 1.83. The quantitative estimate of drug-likeness (QED) is 0.438. The Balaban J connectivity index is 1.41. The third-order valence-corrected chi connectivity index (χ3v) is 7.01. The molecule has 2 aliphatic heterocycles. The Kier molecular flexibility index (Phi) is 8.39. The average Bonchev–Trinajstić information content (AvgIpc) is 3.41. The zero-order chi connectivity index (χ0) is 27.2. The standard InChI is InChI=1S/C30H30F2N4O3/c31-24-10-6-9-23(19-24)30(38)35(14-13-34-15-17-39-18-16-34)21-29(37)36-28(22-7-2-1-3-8-22)20-27(33-36)25-11-4-5-12-26(25)32/h1-12,19,28H,13-18,20-21H2/t28-/m1/s1. The lowest BCUT2D eigenvalue weighted by atomic mass is 9.98. The molecule has 39 heavy (non-hydrogen) atoms. The fourth-order valence-electron chi connectivity index (χ4n) is 4.91. The molecule has 0 bridgehead atoms. The van der Waals surface area contributed by atoms with Gasteiger partial charge >= 0.3 is 0 Å². The number of rotatable bonds is 8. The van der Waals surface area contributed by atoms with Crippen molar-refractivity contribution in [3.05, 3.63) is 107 Å². The molecule has 7 nitrogen and oxygen atoms in total. The van der Waals surface area contributed by atoms with Crippen LogP contribution in [-0.2, 0) is 9.53 Å². The SMILES string of the molecule is O=C(c1cccc(F)c1)N(CCN1CCOCC1)CC(=O)N1N=C(c2ccccc2F)C[C@@H]1c1ccccc1. The van der Waals surface area contributed by atoms with Gasteiger partial charge in [-0.25, -0.2) is 13.8 Å². The highest BCUT2D eigenvalue weighted by Gasteiger charge is 2.35. The van der Waals surface area contributed by atoms with E-state index in [0.29, 0.717) is 37.5 Å². The third kappa shape index (κ3) is 6.38. The summed E-state index contributed by atoms with van der Waals surface area (Å²) in [4.78, 5) is 30.8. The third-order valence-electron chi connectivity index (χ3n) is 7.01. The lowest BCUT2D eigenvalue weighted by molar-refractivity contribution is -0.133.